The van der Waals surface area contributed by atoms with Crippen LogP contribution in [0, 0.1) is 0 Å². The fourth-order valence-corrected chi connectivity index (χ4v) is 3.23. The van der Waals surface area contributed by atoms with Crippen molar-refractivity contribution in [3.63, 3.8) is 0 Å². The number of rotatable bonds is 4. The summed E-state index contributed by atoms with van der Waals surface area (Å²) in [6.07, 6.45) is 6.20. The van der Waals surface area contributed by atoms with Crippen molar-refractivity contribution in [3.05, 3.63) is 22.4 Å². The lowest BCUT2D eigenvalue weighted by atomic mass is 9.95. The van der Waals surface area contributed by atoms with Crippen molar-refractivity contribution in [2.75, 3.05) is 6.54 Å². The third-order valence-corrected chi connectivity index (χ3v) is 4.50. The van der Waals surface area contributed by atoms with Crippen LogP contribution in [0.5, 0.6) is 0 Å². The van der Waals surface area contributed by atoms with Crippen LogP contribution in [0.3, 0.4) is 0 Å². The fraction of sp³-hybridized carbons (Fsp3) is 0.667. The molecule has 0 aliphatic heterocycles. The zero-order valence-corrected chi connectivity index (χ0v) is 10.5. The molecule has 1 aliphatic carbocycles. The topological polar surface area (TPSA) is 12.0 Å². The lowest BCUT2D eigenvalue weighted by Gasteiger charge is -2.27. The molecule has 1 aromatic heterocycles. The Morgan fingerprint density at radius 3 is 3.00 bits per heavy atom. The Hall–Kier alpha value is -0.0500. The van der Waals surface area contributed by atoms with E-state index in [1.165, 1.54) is 30.6 Å². The van der Waals surface area contributed by atoms with Crippen molar-refractivity contribution in [2.24, 2.45) is 0 Å². The summed E-state index contributed by atoms with van der Waals surface area (Å²) in [6.45, 7) is 1.06. The van der Waals surface area contributed by atoms with Gasteiger partial charge in [-0.25, -0.2) is 0 Å². The molecule has 1 saturated carbocycles. The molecule has 0 radical (unpaired) electrons. The van der Waals surface area contributed by atoms with E-state index < -0.39 is 0 Å². The minimum absolute atomic E-state index is 0.349. The van der Waals surface area contributed by atoms with Crippen LogP contribution in [0.4, 0.5) is 0 Å². The molecular formula is C12H18ClNS. The summed E-state index contributed by atoms with van der Waals surface area (Å²) < 4.78 is 0. The molecule has 2 rings (SSSR count). The quantitative estimate of drug-likeness (QED) is 0.799. The molecule has 0 amide bonds. The normalized spacial score (nSPS) is 26.7. The van der Waals surface area contributed by atoms with Crippen LogP contribution in [0.1, 0.15) is 30.6 Å². The van der Waals surface area contributed by atoms with Crippen molar-refractivity contribution in [1.29, 1.82) is 0 Å². The summed E-state index contributed by atoms with van der Waals surface area (Å²) in [5.41, 5.74) is 0. The van der Waals surface area contributed by atoms with E-state index in [1.807, 2.05) is 11.3 Å². The highest BCUT2D eigenvalue weighted by molar-refractivity contribution is 7.09. The highest BCUT2D eigenvalue weighted by Gasteiger charge is 2.21. The van der Waals surface area contributed by atoms with Crippen molar-refractivity contribution in [1.82, 2.24) is 5.32 Å². The molecule has 1 N–H and O–H groups in total. The average molecular weight is 244 g/mol. The molecule has 3 heteroatoms. The number of thiophene rings is 1. The summed E-state index contributed by atoms with van der Waals surface area (Å²) in [5.74, 6) is 0. The average Bonchev–Trinajstić information content (AvgIpc) is 2.74. The molecule has 84 valence electrons. The number of nitrogens with one attached hydrogen (secondary N) is 1. The van der Waals surface area contributed by atoms with Gasteiger partial charge in [0.15, 0.2) is 0 Å². The Bertz CT molecular complexity index is 273. The molecule has 15 heavy (non-hydrogen) atoms. The standard InChI is InChI=1S/C12H18ClNS/c13-11-5-1-2-6-12(11)14-8-7-10-4-3-9-15-10/h3-4,9,11-12,14H,1-2,5-8H2. The van der Waals surface area contributed by atoms with Crippen LogP contribution in [0.2, 0.25) is 0 Å². The minimum Gasteiger partial charge on any atom is -0.312 e. The van der Waals surface area contributed by atoms with Gasteiger partial charge in [0.25, 0.3) is 0 Å². The Morgan fingerprint density at radius 2 is 2.27 bits per heavy atom. The zero-order valence-electron chi connectivity index (χ0n) is 8.92. The molecule has 0 saturated heterocycles. The molecule has 1 aromatic rings. The molecule has 1 fully saturated rings. The molecule has 0 aromatic carbocycles. The van der Waals surface area contributed by atoms with Crippen molar-refractivity contribution >= 4 is 22.9 Å². The third kappa shape index (κ3) is 3.47. The second-order valence-electron chi connectivity index (χ2n) is 4.19. The second-order valence-corrected chi connectivity index (χ2v) is 5.78. The first kappa shape index (κ1) is 11.4. The van der Waals surface area contributed by atoms with E-state index in [-0.39, 0.29) is 0 Å². The Kier molecular flexibility index (Phi) is 4.48. The Morgan fingerprint density at radius 1 is 1.40 bits per heavy atom. The van der Waals surface area contributed by atoms with Crippen molar-refractivity contribution in [2.45, 2.75) is 43.5 Å². The summed E-state index contributed by atoms with van der Waals surface area (Å²) in [6, 6.07) is 4.86. The smallest absolute Gasteiger partial charge is 0.0489 e. The summed E-state index contributed by atoms with van der Waals surface area (Å²) in [5, 5.41) is 6.07. The van der Waals surface area contributed by atoms with Gasteiger partial charge in [0, 0.05) is 22.8 Å². The van der Waals surface area contributed by atoms with E-state index in [1.54, 1.807) is 0 Å². The van der Waals surface area contributed by atoms with E-state index >= 15 is 0 Å². The van der Waals surface area contributed by atoms with Crippen LogP contribution < -0.4 is 5.32 Å². The molecule has 1 aliphatic rings. The molecule has 2 unspecified atom stereocenters. The molecule has 0 spiro atoms. The van der Waals surface area contributed by atoms with E-state index in [0.717, 1.165) is 13.0 Å². The summed E-state index contributed by atoms with van der Waals surface area (Å²) in [7, 11) is 0. The van der Waals surface area contributed by atoms with Crippen LogP contribution in [-0.2, 0) is 6.42 Å². The van der Waals surface area contributed by atoms with Crippen molar-refractivity contribution in [3.8, 4) is 0 Å². The van der Waals surface area contributed by atoms with Crippen LogP contribution in [0.25, 0.3) is 0 Å². The van der Waals surface area contributed by atoms with Crippen LogP contribution in [0.15, 0.2) is 17.5 Å². The predicted octanol–water partition coefficient (Wildman–Crippen LogP) is 3.43. The number of alkyl halides is 1. The summed E-state index contributed by atoms with van der Waals surface area (Å²) >= 11 is 8.12. The number of hydrogen-bond donors (Lipinski definition) is 1. The molecule has 0 bridgehead atoms. The lowest BCUT2D eigenvalue weighted by molar-refractivity contribution is 0.382. The largest absolute Gasteiger partial charge is 0.312 e. The number of hydrogen-bond acceptors (Lipinski definition) is 2. The van der Waals surface area contributed by atoms with Gasteiger partial charge >= 0.3 is 0 Å². The van der Waals surface area contributed by atoms with Crippen molar-refractivity contribution < 1.29 is 0 Å². The van der Waals surface area contributed by atoms with Gasteiger partial charge in [-0.2, -0.15) is 0 Å². The summed E-state index contributed by atoms with van der Waals surface area (Å²) in [4.78, 5) is 1.46. The van der Waals surface area contributed by atoms with Gasteiger partial charge in [-0.05, 0) is 30.7 Å². The van der Waals surface area contributed by atoms with E-state index in [9.17, 15) is 0 Å². The van der Waals surface area contributed by atoms with Gasteiger partial charge in [0.2, 0.25) is 0 Å². The van der Waals surface area contributed by atoms with Crippen LogP contribution >= 0.6 is 22.9 Å². The minimum atomic E-state index is 0.349. The van der Waals surface area contributed by atoms with Gasteiger partial charge < -0.3 is 5.32 Å². The van der Waals surface area contributed by atoms with E-state index in [0.29, 0.717) is 11.4 Å². The Balaban J connectivity index is 1.68. The first-order valence-electron chi connectivity index (χ1n) is 5.76. The third-order valence-electron chi connectivity index (χ3n) is 3.04. The predicted molar refractivity (Wildman–Crippen MR) is 67.9 cm³/mol. The first-order chi connectivity index (χ1) is 7.36. The lowest BCUT2D eigenvalue weighted by Crippen LogP contribution is -2.40. The maximum Gasteiger partial charge on any atom is 0.0489 e. The first-order valence-corrected chi connectivity index (χ1v) is 7.08. The molecule has 1 nitrogen and oxygen atoms in total. The van der Waals surface area contributed by atoms with Gasteiger partial charge in [-0.3, -0.25) is 0 Å². The van der Waals surface area contributed by atoms with Gasteiger partial charge in [0.1, 0.15) is 0 Å². The van der Waals surface area contributed by atoms with Gasteiger partial charge in [-0.1, -0.05) is 18.9 Å². The monoisotopic (exact) mass is 243 g/mol. The second kappa shape index (κ2) is 5.88. The maximum atomic E-state index is 6.28. The highest BCUT2D eigenvalue weighted by Crippen LogP contribution is 2.23. The Labute approximate surface area is 101 Å². The van der Waals surface area contributed by atoms with Gasteiger partial charge in [0.05, 0.1) is 0 Å². The molecule has 2 atom stereocenters. The zero-order chi connectivity index (χ0) is 10.5. The highest BCUT2D eigenvalue weighted by atomic mass is 35.5. The number of halogens is 1. The fourth-order valence-electron chi connectivity index (χ4n) is 2.15. The SMILES string of the molecule is ClC1CCCCC1NCCc1cccs1. The van der Waals surface area contributed by atoms with Crippen LogP contribution in [-0.4, -0.2) is 18.0 Å². The van der Waals surface area contributed by atoms with E-state index in [4.69, 9.17) is 11.6 Å². The van der Waals surface area contributed by atoms with Gasteiger partial charge in [-0.15, -0.1) is 22.9 Å². The van der Waals surface area contributed by atoms with E-state index in [2.05, 4.69) is 22.8 Å². The molecule has 1 heterocycles. The maximum absolute atomic E-state index is 6.28. The molecular weight excluding hydrogens is 226 g/mol.